The number of aromatic nitrogens is 1. The molecule has 1 heterocycles. The van der Waals surface area contributed by atoms with Gasteiger partial charge in [0.1, 0.15) is 5.76 Å². The van der Waals surface area contributed by atoms with E-state index in [2.05, 4.69) is 15.6 Å². The quantitative estimate of drug-likeness (QED) is 0.810. The van der Waals surface area contributed by atoms with Gasteiger partial charge < -0.3 is 9.73 Å². The van der Waals surface area contributed by atoms with Crippen LogP contribution in [0.5, 0.6) is 0 Å². The van der Waals surface area contributed by atoms with E-state index < -0.39 is 0 Å². The number of hydrogen-bond acceptors (Lipinski definition) is 4. The largest absolute Gasteiger partial charge is 0.445 e. The molecule has 0 saturated carbocycles. The van der Waals surface area contributed by atoms with Crippen LogP contribution in [0.25, 0.3) is 0 Å². The van der Waals surface area contributed by atoms with Crippen molar-refractivity contribution in [2.45, 2.75) is 59.2 Å². The van der Waals surface area contributed by atoms with Crippen molar-refractivity contribution in [1.29, 1.82) is 0 Å². The number of hydrogen-bond donors (Lipinski definition) is 2. The smallest absolute Gasteiger partial charge is 0.237 e. The first-order valence-electron chi connectivity index (χ1n) is 6.31. The maximum absolute atomic E-state index is 11.9. The topological polar surface area (TPSA) is 67.2 Å². The minimum atomic E-state index is -0.275. The van der Waals surface area contributed by atoms with Crippen molar-refractivity contribution in [3.63, 3.8) is 0 Å². The van der Waals surface area contributed by atoms with Crippen LogP contribution in [0.4, 0.5) is 0 Å². The zero-order valence-electron chi connectivity index (χ0n) is 11.8. The minimum absolute atomic E-state index is 0.00914. The Labute approximate surface area is 108 Å². The molecule has 102 valence electrons. The Balaban J connectivity index is 2.41. The molecule has 5 nitrogen and oxygen atoms in total. The number of rotatable bonds is 6. The molecule has 0 saturated heterocycles. The third-order valence-electron chi connectivity index (χ3n) is 2.97. The molecule has 0 aliphatic rings. The van der Waals surface area contributed by atoms with Gasteiger partial charge in [-0.15, -0.1) is 0 Å². The molecule has 0 aromatic carbocycles. The number of carbonyl (C=O) groups is 1. The molecular weight excluding hydrogens is 230 g/mol. The van der Waals surface area contributed by atoms with Crippen LogP contribution in [0.2, 0.25) is 0 Å². The Hall–Kier alpha value is -1.36. The number of amides is 1. The summed E-state index contributed by atoms with van der Waals surface area (Å²) in [5, 5.41) is 6.09. The summed E-state index contributed by atoms with van der Waals surface area (Å²) in [6.45, 7) is 10.2. The van der Waals surface area contributed by atoms with E-state index in [-0.39, 0.29) is 17.5 Å². The Morgan fingerprint density at radius 1 is 1.56 bits per heavy atom. The molecule has 5 heteroatoms. The highest BCUT2D eigenvalue weighted by Gasteiger charge is 2.21. The molecule has 2 N–H and O–H groups in total. The molecule has 18 heavy (non-hydrogen) atoms. The van der Waals surface area contributed by atoms with E-state index >= 15 is 0 Å². The van der Waals surface area contributed by atoms with E-state index in [0.717, 1.165) is 12.2 Å². The summed E-state index contributed by atoms with van der Waals surface area (Å²) in [6, 6.07) is -0.275. The lowest BCUT2D eigenvalue weighted by Gasteiger charge is -2.26. The van der Waals surface area contributed by atoms with Gasteiger partial charge in [0, 0.05) is 5.54 Å². The molecular formula is C13H23N3O2. The van der Waals surface area contributed by atoms with E-state index in [1.807, 2.05) is 34.6 Å². The second-order valence-corrected chi connectivity index (χ2v) is 5.19. The second kappa shape index (κ2) is 6.00. The lowest BCUT2D eigenvalue weighted by Crippen LogP contribution is -2.50. The van der Waals surface area contributed by atoms with Gasteiger partial charge in [0.05, 0.1) is 18.8 Å². The average molecular weight is 253 g/mol. The van der Waals surface area contributed by atoms with Gasteiger partial charge in [-0.2, -0.15) is 0 Å². The third-order valence-corrected chi connectivity index (χ3v) is 2.97. The first-order valence-corrected chi connectivity index (χ1v) is 6.31. The van der Waals surface area contributed by atoms with E-state index in [1.54, 1.807) is 6.20 Å². The fraction of sp³-hybridized carbons (Fsp3) is 0.692. The van der Waals surface area contributed by atoms with Crippen molar-refractivity contribution in [3.05, 3.63) is 17.8 Å². The summed E-state index contributed by atoms with van der Waals surface area (Å²) in [4.78, 5) is 16.0. The lowest BCUT2D eigenvalue weighted by atomic mass is 10.0. The monoisotopic (exact) mass is 253 g/mol. The number of nitrogens with zero attached hydrogens (tertiary/aromatic N) is 1. The standard InChI is InChI=1S/C13H23N3O2/c1-6-13(4,5)16-12(17)10(3)14-8-11-15-7-9(2)18-11/h7,10,14H,6,8H2,1-5H3,(H,16,17). The van der Waals surface area contributed by atoms with Crippen LogP contribution >= 0.6 is 0 Å². The van der Waals surface area contributed by atoms with Crippen molar-refractivity contribution < 1.29 is 9.21 Å². The Kier molecular flexibility index (Phi) is 4.90. The van der Waals surface area contributed by atoms with Gasteiger partial charge in [0.2, 0.25) is 11.8 Å². The predicted molar refractivity (Wildman–Crippen MR) is 70.1 cm³/mol. The fourth-order valence-corrected chi connectivity index (χ4v) is 1.35. The highest BCUT2D eigenvalue weighted by atomic mass is 16.4. The summed E-state index contributed by atoms with van der Waals surface area (Å²) in [7, 11) is 0. The zero-order chi connectivity index (χ0) is 13.8. The molecule has 1 aromatic rings. The van der Waals surface area contributed by atoms with Gasteiger partial charge in [-0.1, -0.05) is 6.92 Å². The van der Waals surface area contributed by atoms with Crippen molar-refractivity contribution >= 4 is 5.91 Å². The summed E-state index contributed by atoms with van der Waals surface area (Å²) >= 11 is 0. The Morgan fingerprint density at radius 2 is 2.22 bits per heavy atom. The summed E-state index contributed by atoms with van der Waals surface area (Å²) in [6.07, 6.45) is 2.56. The number of nitrogens with one attached hydrogen (secondary N) is 2. The Bertz CT molecular complexity index is 399. The van der Waals surface area contributed by atoms with E-state index in [0.29, 0.717) is 12.4 Å². The predicted octanol–water partition coefficient (Wildman–Crippen LogP) is 1.77. The summed E-state index contributed by atoms with van der Waals surface area (Å²) in [5.41, 5.74) is -0.174. The third kappa shape index (κ3) is 4.49. The molecule has 0 fully saturated rings. The maximum atomic E-state index is 11.9. The van der Waals surface area contributed by atoms with Crippen molar-refractivity contribution in [1.82, 2.24) is 15.6 Å². The van der Waals surface area contributed by atoms with Gasteiger partial charge in [0.25, 0.3) is 0 Å². The molecule has 0 aliphatic carbocycles. The molecule has 1 aromatic heterocycles. The van der Waals surface area contributed by atoms with Gasteiger partial charge in [-0.3, -0.25) is 10.1 Å². The first-order chi connectivity index (χ1) is 8.34. The number of carbonyl (C=O) groups excluding carboxylic acids is 1. The molecule has 1 atom stereocenters. The normalized spacial score (nSPS) is 13.4. The van der Waals surface area contributed by atoms with Crippen LogP contribution in [-0.2, 0) is 11.3 Å². The molecule has 0 aliphatic heterocycles. The fourth-order valence-electron chi connectivity index (χ4n) is 1.35. The van der Waals surface area contributed by atoms with Crippen molar-refractivity contribution in [2.75, 3.05) is 0 Å². The highest BCUT2D eigenvalue weighted by Crippen LogP contribution is 2.07. The van der Waals surface area contributed by atoms with Gasteiger partial charge in [0.15, 0.2) is 0 Å². The molecule has 0 bridgehead atoms. The van der Waals surface area contributed by atoms with Crippen molar-refractivity contribution in [3.8, 4) is 0 Å². The minimum Gasteiger partial charge on any atom is -0.445 e. The lowest BCUT2D eigenvalue weighted by molar-refractivity contribution is -0.124. The van der Waals surface area contributed by atoms with E-state index in [9.17, 15) is 4.79 Å². The van der Waals surface area contributed by atoms with Crippen LogP contribution in [-0.4, -0.2) is 22.5 Å². The summed E-state index contributed by atoms with van der Waals surface area (Å²) in [5.74, 6) is 1.36. The average Bonchev–Trinajstić information content (AvgIpc) is 2.71. The SMILES string of the molecule is CCC(C)(C)NC(=O)C(C)NCc1ncc(C)o1. The van der Waals surface area contributed by atoms with Gasteiger partial charge in [-0.05, 0) is 34.1 Å². The van der Waals surface area contributed by atoms with Crippen LogP contribution < -0.4 is 10.6 Å². The van der Waals surface area contributed by atoms with Crippen LogP contribution in [0, 0.1) is 6.92 Å². The summed E-state index contributed by atoms with van der Waals surface area (Å²) < 4.78 is 5.33. The molecule has 1 amide bonds. The zero-order valence-corrected chi connectivity index (χ0v) is 11.8. The molecule has 1 rings (SSSR count). The molecule has 1 unspecified atom stereocenters. The van der Waals surface area contributed by atoms with Crippen molar-refractivity contribution in [2.24, 2.45) is 0 Å². The van der Waals surface area contributed by atoms with Crippen LogP contribution in [0.3, 0.4) is 0 Å². The van der Waals surface area contributed by atoms with E-state index in [1.165, 1.54) is 0 Å². The van der Waals surface area contributed by atoms with Crippen LogP contribution in [0.1, 0.15) is 45.8 Å². The number of oxazole rings is 1. The number of aryl methyl sites for hydroxylation is 1. The second-order valence-electron chi connectivity index (χ2n) is 5.19. The van der Waals surface area contributed by atoms with Gasteiger partial charge in [-0.25, -0.2) is 4.98 Å². The molecule has 0 spiro atoms. The highest BCUT2D eigenvalue weighted by molar-refractivity contribution is 5.81. The Morgan fingerprint density at radius 3 is 2.72 bits per heavy atom. The van der Waals surface area contributed by atoms with E-state index in [4.69, 9.17) is 4.42 Å². The van der Waals surface area contributed by atoms with Gasteiger partial charge >= 0.3 is 0 Å². The van der Waals surface area contributed by atoms with Crippen LogP contribution in [0.15, 0.2) is 10.6 Å². The first kappa shape index (κ1) is 14.7. The maximum Gasteiger partial charge on any atom is 0.237 e. The molecule has 0 radical (unpaired) electrons.